The van der Waals surface area contributed by atoms with Gasteiger partial charge in [-0.3, -0.25) is 14.8 Å². The number of carbonyl (C=O) groups is 2. The van der Waals surface area contributed by atoms with Crippen molar-refractivity contribution in [3.05, 3.63) is 96.2 Å². The minimum atomic E-state index is -4.16. The summed E-state index contributed by atoms with van der Waals surface area (Å²) >= 11 is 0. The Morgan fingerprint density at radius 1 is 0.915 bits per heavy atom. The van der Waals surface area contributed by atoms with Gasteiger partial charge < -0.3 is 28.6 Å². The van der Waals surface area contributed by atoms with Gasteiger partial charge in [-0.25, -0.2) is 18.2 Å². The lowest BCUT2D eigenvalue weighted by Gasteiger charge is -2.27. The zero-order chi connectivity index (χ0) is 33.2. The van der Waals surface area contributed by atoms with E-state index in [0.717, 1.165) is 5.56 Å². The van der Waals surface area contributed by atoms with Crippen LogP contribution >= 0.6 is 0 Å². The maximum Gasteiger partial charge on any atom is 0.412 e. The monoisotopic (exact) mass is 662 g/mol. The smallest absolute Gasteiger partial charge is 0.412 e. The van der Waals surface area contributed by atoms with Crippen LogP contribution in [0.2, 0.25) is 0 Å². The number of hydrogen-bond acceptors (Lipinski definition) is 10. The van der Waals surface area contributed by atoms with Crippen molar-refractivity contribution in [2.45, 2.75) is 11.8 Å². The van der Waals surface area contributed by atoms with Crippen molar-refractivity contribution in [1.29, 1.82) is 0 Å². The molecule has 0 radical (unpaired) electrons. The molecule has 0 bridgehead atoms. The van der Waals surface area contributed by atoms with Crippen molar-refractivity contribution in [3.63, 3.8) is 0 Å². The Balaban J connectivity index is 1.49. The number of pyridine rings is 1. The zero-order valence-corrected chi connectivity index (χ0v) is 26.6. The van der Waals surface area contributed by atoms with Crippen LogP contribution in [0.5, 0.6) is 23.0 Å². The number of carbonyl (C=O) groups excluding carboxylic acids is 2. The highest BCUT2D eigenvalue weighted by atomic mass is 32.2. The number of anilines is 2. The summed E-state index contributed by atoms with van der Waals surface area (Å²) in [4.78, 5) is 31.5. The van der Waals surface area contributed by atoms with Crippen LogP contribution in [0.1, 0.15) is 15.9 Å². The van der Waals surface area contributed by atoms with Gasteiger partial charge in [0.05, 0.1) is 30.9 Å². The molecule has 4 aromatic rings. The third kappa shape index (κ3) is 8.68. The maximum absolute atomic E-state index is 13.6. The number of nitrogens with zero attached hydrogens (tertiary/aromatic N) is 2. The minimum absolute atomic E-state index is 0.00559. The van der Waals surface area contributed by atoms with Crippen molar-refractivity contribution in [1.82, 2.24) is 9.88 Å². The number of aromatic nitrogens is 1. The number of sulfonamides is 1. The molecular weight excluding hydrogens is 628 g/mol. The molecule has 5 rings (SSSR count). The van der Waals surface area contributed by atoms with Crippen LogP contribution in [0.25, 0.3) is 0 Å². The molecule has 13 nitrogen and oxygen atoms in total. The highest BCUT2D eigenvalue weighted by Gasteiger charge is 2.26. The van der Waals surface area contributed by atoms with Crippen molar-refractivity contribution < 1.29 is 41.7 Å². The summed E-state index contributed by atoms with van der Waals surface area (Å²) in [6.45, 7) is 2.94. The molecule has 0 saturated carbocycles. The van der Waals surface area contributed by atoms with Gasteiger partial charge in [-0.05, 0) is 55.5 Å². The largest absolute Gasteiger partial charge is 0.493 e. The molecule has 2 heterocycles. The van der Waals surface area contributed by atoms with Gasteiger partial charge in [0.25, 0.3) is 15.9 Å². The molecule has 1 aliphatic rings. The van der Waals surface area contributed by atoms with E-state index in [1.807, 2.05) is 6.92 Å². The average molecular weight is 663 g/mol. The Kier molecular flexibility index (Phi) is 10.8. The first kappa shape index (κ1) is 33.0. The molecule has 1 aliphatic heterocycles. The summed E-state index contributed by atoms with van der Waals surface area (Å²) in [5.74, 6) is 0.559. The van der Waals surface area contributed by atoms with E-state index in [4.69, 9.17) is 23.7 Å². The molecule has 47 heavy (non-hydrogen) atoms. The van der Waals surface area contributed by atoms with E-state index in [1.54, 1.807) is 59.5 Å². The van der Waals surface area contributed by atoms with Crippen LogP contribution in [-0.4, -0.2) is 76.9 Å². The Morgan fingerprint density at radius 2 is 1.64 bits per heavy atom. The van der Waals surface area contributed by atoms with Crippen LogP contribution in [0, 0.1) is 6.92 Å². The number of amides is 2. The molecule has 2 N–H and O–H groups in total. The first-order valence-electron chi connectivity index (χ1n) is 14.7. The second kappa shape index (κ2) is 15.3. The Labute approximate surface area is 272 Å². The molecule has 0 unspecified atom stereocenters. The Hall–Kier alpha value is -5.34. The summed E-state index contributed by atoms with van der Waals surface area (Å²) in [6.07, 6.45) is 0.776. The third-order valence-corrected chi connectivity index (χ3v) is 8.31. The predicted molar refractivity (Wildman–Crippen MR) is 173 cm³/mol. The van der Waals surface area contributed by atoms with E-state index in [-0.39, 0.29) is 52.5 Å². The minimum Gasteiger partial charge on any atom is -0.493 e. The number of ether oxygens (including phenoxy) is 5. The van der Waals surface area contributed by atoms with E-state index >= 15 is 0 Å². The van der Waals surface area contributed by atoms with Crippen molar-refractivity contribution >= 4 is 33.5 Å². The van der Waals surface area contributed by atoms with Gasteiger partial charge in [-0.1, -0.05) is 35.9 Å². The van der Waals surface area contributed by atoms with Gasteiger partial charge in [0.1, 0.15) is 19.0 Å². The molecule has 3 aromatic carbocycles. The first-order chi connectivity index (χ1) is 22.7. The molecule has 2 amide bonds. The SMILES string of the molecule is COc1ccccc1Oc1c(NS(=O)(=O)c2ccc(C)cc2)cc(C(=O)N2CCOCC2)cc1OCCOC(=O)Nc1ccccn1. The summed E-state index contributed by atoms with van der Waals surface area (Å²) in [6, 6.07) is 21.0. The Bertz CT molecular complexity index is 1800. The van der Waals surface area contributed by atoms with Gasteiger partial charge in [0, 0.05) is 24.8 Å². The molecule has 246 valence electrons. The highest BCUT2D eigenvalue weighted by molar-refractivity contribution is 7.92. The van der Waals surface area contributed by atoms with Crippen LogP contribution in [0.3, 0.4) is 0 Å². The summed E-state index contributed by atoms with van der Waals surface area (Å²) in [7, 11) is -2.69. The van der Waals surface area contributed by atoms with Crippen LogP contribution in [0.4, 0.5) is 16.3 Å². The van der Waals surface area contributed by atoms with Crippen molar-refractivity contribution in [2.75, 3.05) is 56.7 Å². The summed E-state index contributed by atoms with van der Waals surface area (Å²) in [5, 5.41) is 2.51. The fraction of sp³-hybridized carbons (Fsp3) is 0.242. The molecule has 1 saturated heterocycles. The molecule has 0 spiro atoms. The number of nitrogens with one attached hydrogen (secondary N) is 2. The number of hydrogen-bond donors (Lipinski definition) is 2. The van der Waals surface area contributed by atoms with Crippen LogP contribution in [-0.2, 0) is 19.5 Å². The lowest BCUT2D eigenvalue weighted by molar-refractivity contribution is 0.0302. The van der Waals surface area contributed by atoms with Crippen molar-refractivity contribution in [3.8, 4) is 23.0 Å². The number of morpholine rings is 1. The van der Waals surface area contributed by atoms with Gasteiger partial charge in [0.2, 0.25) is 0 Å². The van der Waals surface area contributed by atoms with E-state index < -0.39 is 16.1 Å². The Morgan fingerprint density at radius 3 is 2.34 bits per heavy atom. The topological polar surface area (TPSA) is 155 Å². The molecule has 14 heteroatoms. The normalized spacial score (nSPS) is 12.9. The van der Waals surface area contributed by atoms with E-state index in [1.165, 1.54) is 37.6 Å². The number of benzene rings is 3. The fourth-order valence-corrected chi connectivity index (χ4v) is 5.61. The summed E-state index contributed by atoms with van der Waals surface area (Å²) < 4.78 is 58.1. The zero-order valence-electron chi connectivity index (χ0n) is 25.8. The van der Waals surface area contributed by atoms with Crippen molar-refractivity contribution in [2.24, 2.45) is 0 Å². The molecule has 1 fully saturated rings. The van der Waals surface area contributed by atoms with Crippen LogP contribution in [0.15, 0.2) is 90.0 Å². The maximum atomic E-state index is 13.6. The molecule has 0 atom stereocenters. The second-order valence-electron chi connectivity index (χ2n) is 10.3. The summed E-state index contributed by atoms with van der Waals surface area (Å²) in [5.41, 5.74) is 0.970. The van der Waals surface area contributed by atoms with Crippen LogP contribution < -0.4 is 24.2 Å². The quantitative estimate of drug-likeness (QED) is 0.196. The van der Waals surface area contributed by atoms with E-state index in [2.05, 4.69) is 15.0 Å². The molecular formula is C33H34N4O9S. The van der Waals surface area contributed by atoms with Gasteiger partial charge in [-0.15, -0.1) is 0 Å². The first-order valence-corrected chi connectivity index (χ1v) is 16.1. The highest BCUT2D eigenvalue weighted by Crippen LogP contribution is 2.43. The fourth-order valence-electron chi connectivity index (χ4n) is 4.56. The van der Waals surface area contributed by atoms with Gasteiger partial charge in [0.15, 0.2) is 23.0 Å². The number of aryl methyl sites for hydroxylation is 1. The third-order valence-electron chi connectivity index (χ3n) is 6.93. The molecule has 1 aromatic heterocycles. The predicted octanol–water partition coefficient (Wildman–Crippen LogP) is 5.09. The van der Waals surface area contributed by atoms with E-state index in [0.29, 0.717) is 37.9 Å². The standard InChI is InChI=1S/C33H34N4O9S/c1-23-10-12-25(13-11-23)47(40,41)36-26-21-24(32(38)37-15-17-43-18-16-37)22-29(31(26)46-28-8-4-3-7-27(28)42-2)44-19-20-45-33(39)35-30-9-5-6-14-34-30/h3-14,21-22,36H,15-20H2,1-2H3,(H,34,35,39). The average Bonchev–Trinajstić information content (AvgIpc) is 3.08. The number of methoxy groups -OCH3 is 1. The van der Waals surface area contributed by atoms with Gasteiger partial charge >= 0.3 is 6.09 Å². The van der Waals surface area contributed by atoms with Gasteiger partial charge in [-0.2, -0.15) is 0 Å². The molecule has 0 aliphatic carbocycles. The lowest BCUT2D eigenvalue weighted by Crippen LogP contribution is -2.40. The number of para-hydroxylation sites is 2. The second-order valence-corrected chi connectivity index (χ2v) is 11.9. The van der Waals surface area contributed by atoms with E-state index in [9.17, 15) is 18.0 Å². The lowest BCUT2D eigenvalue weighted by atomic mass is 10.1. The number of rotatable bonds is 12.